The molecule has 1 heterocycles. The standard InChI is InChI=1S/C10H22N2O/c1-9-6-10(7-11)8-12(9)4-2-3-5-13/h9-10,13H,2-8,11H2,1H3. The molecule has 1 aliphatic heterocycles. The molecule has 3 nitrogen and oxygen atoms in total. The van der Waals surface area contributed by atoms with Gasteiger partial charge in [0.2, 0.25) is 0 Å². The summed E-state index contributed by atoms with van der Waals surface area (Å²) in [7, 11) is 0. The van der Waals surface area contributed by atoms with E-state index in [0.29, 0.717) is 18.6 Å². The molecule has 1 rings (SSSR count). The highest BCUT2D eigenvalue weighted by atomic mass is 16.2. The quantitative estimate of drug-likeness (QED) is 0.612. The number of aliphatic hydroxyl groups is 1. The lowest BCUT2D eigenvalue weighted by Crippen LogP contribution is -2.29. The van der Waals surface area contributed by atoms with Crippen LogP contribution in [0.25, 0.3) is 0 Å². The fraction of sp³-hybridized carbons (Fsp3) is 1.00. The van der Waals surface area contributed by atoms with Crippen molar-refractivity contribution in [2.45, 2.75) is 32.2 Å². The molecule has 0 saturated carbocycles. The molecule has 2 atom stereocenters. The number of hydrogen-bond acceptors (Lipinski definition) is 3. The van der Waals surface area contributed by atoms with Gasteiger partial charge in [0.05, 0.1) is 0 Å². The lowest BCUT2D eigenvalue weighted by molar-refractivity contribution is 0.235. The monoisotopic (exact) mass is 186 g/mol. The van der Waals surface area contributed by atoms with Gasteiger partial charge < -0.3 is 15.7 Å². The van der Waals surface area contributed by atoms with Crippen molar-refractivity contribution in [2.24, 2.45) is 11.7 Å². The fourth-order valence-corrected chi connectivity index (χ4v) is 2.13. The summed E-state index contributed by atoms with van der Waals surface area (Å²) in [6, 6.07) is 0.687. The van der Waals surface area contributed by atoms with Crippen LogP contribution in [0.4, 0.5) is 0 Å². The normalized spacial score (nSPS) is 29.8. The third kappa shape index (κ3) is 3.25. The molecule has 13 heavy (non-hydrogen) atoms. The van der Waals surface area contributed by atoms with Gasteiger partial charge in [0.15, 0.2) is 0 Å². The van der Waals surface area contributed by atoms with E-state index in [0.717, 1.165) is 32.5 Å². The van der Waals surface area contributed by atoms with Crippen LogP contribution in [0.1, 0.15) is 26.2 Å². The van der Waals surface area contributed by atoms with Crippen molar-refractivity contribution in [1.29, 1.82) is 0 Å². The van der Waals surface area contributed by atoms with Crippen molar-refractivity contribution < 1.29 is 5.11 Å². The van der Waals surface area contributed by atoms with Crippen LogP contribution in [0.3, 0.4) is 0 Å². The zero-order valence-corrected chi connectivity index (χ0v) is 8.58. The van der Waals surface area contributed by atoms with E-state index in [1.807, 2.05) is 0 Å². The Morgan fingerprint density at radius 3 is 2.77 bits per heavy atom. The lowest BCUT2D eigenvalue weighted by Gasteiger charge is -2.20. The molecule has 3 N–H and O–H groups in total. The van der Waals surface area contributed by atoms with E-state index in [-0.39, 0.29) is 0 Å². The second kappa shape index (κ2) is 5.58. The second-order valence-corrected chi connectivity index (χ2v) is 4.11. The molecule has 3 heteroatoms. The lowest BCUT2D eigenvalue weighted by atomic mass is 10.1. The molecule has 0 bridgehead atoms. The summed E-state index contributed by atoms with van der Waals surface area (Å²) >= 11 is 0. The van der Waals surface area contributed by atoms with Crippen LogP contribution >= 0.6 is 0 Å². The van der Waals surface area contributed by atoms with E-state index in [1.165, 1.54) is 6.42 Å². The van der Waals surface area contributed by atoms with Gasteiger partial charge in [0.25, 0.3) is 0 Å². The minimum Gasteiger partial charge on any atom is -0.396 e. The Kier molecular flexibility index (Phi) is 4.70. The molecule has 1 fully saturated rings. The summed E-state index contributed by atoms with van der Waals surface area (Å²) < 4.78 is 0. The molecular formula is C10H22N2O. The Morgan fingerprint density at radius 2 is 2.23 bits per heavy atom. The summed E-state index contributed by atoms with van der Waals surface area (Å²) in [6.45, 7) is 5.69. The minimum absolute atomic E-state index is 0.322. The number of aliphatic hydroxyl groups excluding tert-OH is 1. The highest BCUT2D eigenvalue weighted by molar-refractivity contribution is 4.82. The molecule has 78 valence electrons. The van der Waals surface area contributed by atoms with E-state index < -0.39 is 0 Å². The molecule has 0 aromatic heterocycles. The van der Waals surface area contributed by atoms with Crippen LogP contribution in [-0.4, -0.2) is 42.3 Å². The highest BCUT2D eigenvalue weighted by Gasteiger charge is 2.26. The van der Waals surface area contributed by atoms with Gasteiger partial charge in [-0.1, -0.05) is 0 Å². The SMILES string of the molecule is CC1CC(CN)CN1CCCCO. The average molecular weight is 186 g/mol. The van der Waals surface area contributed by atoms with E-state index >= 15 is 0 Å². The third-order valence-electron chi connectivity index (χ3n) is 2.98. The van der Waals surface area contributed by atoms with Crippen molar-refractivity contribution in [3.63, 3.8) is 0 Å². The van der Waals surface area contributed by atoms with E-state index in [2.05, 4.69) is 11.8 Å². The smallest absolute Gasteiger partial charge is 0.0431 e. The molecule has 0 amide bonds. The Hall–Kier alpha value is -0.120. The minimum atomic E-state index is 0.322. The third-order valence-corrected chi connectivity index (χ3v) is 2.98. The van der Waals surface area contributed by atoms with Gasteiger partial charge in [-0.3, -0.25) is 0 Å². The summed E-state index contributed by atoms with van der Waals surface area (Å²) in [5.41, 5.74) is 5.65. The summed E-state index contributed by atoms with van der Waals surface area (Å²) in [4.78, 5) is 2.49. The topological polar surface area (TPSA) is 49.5 Å². The molecule has 1 saturated heterocycles. The van der Waals surface area contributed by atoms with Gasteiger partial charge in [0.1, 0.15) is 0 Å². The van der Waals surface area contributed by atoms with Gasteiger partial charge in [-0.15, -0.1) is 0 Å². The van der Waals surface area contributed by atoms with E-state index in [9.17, 15) is 0 Å². The largest absolute Gasteiger partial charge is 0.396 e. The maximum Gasteiger partial charge on any atom is 0.0431 e. The van der Waals surface area contributed by atoms with E-state index in [4.69, 9.17) is 10.8 Å². The first kappa shape index (κ1) is 11.0. The number of rotatable bonds is 5. The number of nitrogens with two attached hydrogens (primary N) is 1. The molecule has 0 aliphatic carbocycles. The summed E-state index contributed by atoms with van der Waals surface area (Å²) in [6.07, 6.45) is 3.28. The molecular weight excluding hydrogens is 164 g/mol. The van der Waals surface area contributed by atoms with Gasteiger partial charge in [-0.2, -0.15) is 0 Å². The number of nitrogens with zero attached hydrogens (tertiary/aromatic N) is 1. The van der Waals surface area contributed by atoms with Crippen molar-refractivity contribution in [3.05, 3.63) is 0 Å². The van der Waals surface area contributed by atoms with Gasteiger partial charge in [-0.05, 0) is 45.2 Å². The van der Waals surface area contributed by atoms with Gasteiger partial charge >= 0.3 is 0 Å². The molecule has 0 aromatic rings. The Bertz CT molecular complexity index is 141. The van der Waals surface area contributed by atoms with Crippen molar-refractivity contribution in [1.82, 2.24) is 4.90 Å². The van der Waals surface area contributed by atoms with E-state index in [1.54, 1.807) is 0 Å². The van der Waals surface area contributed by atoms with Crippen molar-refractivity contribution in [2.75, 3.05) is 26.2 Å². The second-order valence-electron chi connectivity index (χ2n) is 4.11. The van der Waals surface area contributed by atoms with Crippen LogP contribution in [0.15, 0.2) is 0 Å². The zero-order valence-electron chi connectivity index (χ0n) is 8.58. The van der Waals surface area contributed by atoms with Crippen LogP contribution < -0.4 is 5.73 Å². The predicted molar refractivity (Wildman–Crippen MR) is 54.5 cm³/mol. The molecule has 0 aromatic carbocycles. The van der Waals surface area contributed by atoms with Crippen LogP contribution in [0, 0.1) is 5.92 Å². The highest BCUT2D eigenvalue weighted by Crippen LogP contribution is 2.21. The first-order chi connectivity index (χ1) is 6.27. The van der Waals surface area contributed by atoms with Crippen LogP contribution in [0.5, 0.6) is 0 Å². The van der Waals surface area contributed by atoms with Crippen molar-refractivity contribution >= 4 is 0 Å². The first-order valence-electron chi connectivity index (χ1n) is 5.33. The van der Waals surface area contributed by atoms with Gasteiger partial charge in [0, 0.05) is 19.2 Å². The predicted octanol–water partition coefficient (Wildman–Crippen LogP) is 0.428. The summed E-state index contributed by atoms with van der Waals surface area (Å²) in [5, 5.41) is 8.67. The zero-order chi connectivity index (χ0) is 9.68. The molecule has 2 unspecified atom stereocenters. The Balaban J connectivity index is 2.18. The molecule has 0 spiro atoms. The maximum absolute atomic E-state index is 8.67. The molecule has 0 radical (unpaired) electrons. The summed E-state index contributed by atoms with van der Waals surface area (Å²) in [5.74, 6) is 0.698. The maximum atomic E-state index is 8.67. The van der Waals surface area contributed by atoms with Gasteiger partial charge in [-0.25, -0.2) is 0 Å². The van der Waals surface area contributed by atoms with Crippen LogP contribution in [0.2, 0.25) is 0 Å². The number of likely N-dealkylation sites (tertiary alicyclic amines) is 1. The first-order valence-corrected chi connectivity index (χ1v) is 5.33. The number of hydrogen-bond donors (Lipinski definition) is 2. The Morgan fingerprint density at radius 1 is 1.46 bits per heavy atom. The average Bonchev–Trinajstić information content (AvgIpc) is 2.48. The van der Waals surface area contributed by atoms with Crippen LogP contribution in [-0.2, 0) is 0 Å². The number of unbranched alkanes of at least 4 members (excludes halogenated alkanes) is 1. The Labute approximate surface area is 80.9 Å². The fourth-order valence-electron chi connectivity index (χ4n) is 2.13. The van der Waals surface area contributed by atoms with Crippen molar-refractivity contribution in [3.8, 4) is 0 Å². The molecule has 1 aliphatic rings.